The van der Waals surface area contributed by atoms with E-state index < -0.39 is 0 Å². The summed E-state index contributed by atoms with van der Waals surface area (Å²) in [6.45, 7) is 2.18. The quantitative estimate of drug-likeness (QED) is 0.417. The van der Waals surface area contributed by atoms with Gasteiger partial charge in [0.15, 0.2) is 0 Å². The van der Waals surface area contributed by atoms with Gasteiger partial charge in [0, 0.05) is 28.0 Å². The first kappa shape index (κ1) is 16.6. The summed E-state index contributed by atoms with van der Waals surface area (Å²) in [5.74, 6) is 0.614. The van der Waals surface area contributed by atoms with Crippen LogP contribution in [0.2, 0.25) is 0 Å². The van der Waals surface area contributed by atoms with Crippen molar-refractivity contribution >= 4 is 21.8 Å². The first-order valence-corrected chi connectivity index (χ1v) is 10.1. The molecular formula is C23H21N5O. The van der Waals surface area contributed by atoms with Gasteiger partial charge in [-0.15, -0.1) is 0 Å². The number of hydrogen-bond donors (Lipinski definition) is 3. The lowest BCUT2D eigenvalue weighted by Gasteiger charge is -2.23. The van der Waals surface area contributed by atoms with Gasteiger partial charge in [-0.25, -0.2) is 0 Å². The Hall–Kier alpha value is -3.38. The van der Waals surface area contributed by atoms with Gasteiger partial charge >= 0.3 is 0 Å². The Morgan fingerprint density at radius 3 is 2.69 bits per heavy atom. The summed E-state index contributed by atoms with van der Waals surface area (Å²) in [5.41, 5.74) is 7.33. The van der Waals surface area contributed by atoms with Gasteiger partial charge in [-0.1, -0.05) is 6.07 Å². The van der Waals surface area contributed by atoms with E-state index in [-0.39, 0.29) is 0 Å². The van der Waals surface area contributed by atoms with Crippen molar-refractivity contribution in [2.75, 3.05) is 13.1 Å². The summed E-state index contributed by atoms with van der Waals surface area (Å²) in [4.78, 5) is 8.10. The monoisotopic (exact) mass is 383 g/mol. The number of piperidine rings is 1. The number of furan rings is 1. The molecule has 6 heteroatoms. The van der Waals surface area contributed by atoms with E-state index in [9.17, 15) is 0 Å². The molecule has 0 amide bonds. The number of hydrogen-bond acceptors (Lipinski definition) is 4. The summed E-state index contributed by atoms with van der Waals surface area (Å²) in [5, 5.41) is 13.5. The second kappa shape index (κ2) is 6.60. The van der Waals surface area contributed by atoms with Crippen molar-refractivity contribution in [2.45, 2.75) is 18.8 Å². The van der Waals surface area contributed by atoms with Crippen LogP contribution in [0.15, 0.2) is 59.5 Å². The molecule has 6 nitrogen and oxygen atoms in total. The van der Waals surface area contributed by atoms with Crippen molar-refractivity contribution < 1.29 is 4.42 Å². The predicted molar refractivity (Wildman–Crippen MR) is 114 cm³/mol. The lowest BCUT2D eigenvalue weighted by atomic mass is 9.89. The molecule has 0 aliphatic carbocycles. The molecule has 0 radical (unpaired) electrons. The lowest BCUT2D eigenvalue weighted by molar-refractivity contribution is 0.460. The lowest BCUT2D eigenvalue weighted by Crippen LogP contribution is -2.26. The summed E-state index contributed by atoms with van der Waals surface area (Å²) >= 11 is 0. The van der Waals surface area contributed by atoms with Crippen LogP contribution >= 0.6 is 0 Å². The topological polar surface area (TPSA) is 82.5 Å². The van der Waals surface area contributed by atoms with Gasteiger partial charge in [-0.05, 0) is 67.7 Å². The minimum Gasteiger partial charge on any atom is -0.472 e. The number of pyridine rings is 1. The van der Waals surface area contributed by atoms with Crippen LogP contribution < -0.4 is 5.32 Å². The van der Waals surface area contributed by atoms with Gasteiger partial charge in [-0.3, -0.25) is 10.1 Å². The molecule has 144 valence electrons. The molecule has 29 heavy (non-hydrogen) atoms. The molecule has 5 aromatic rings. The zero-order chi connectivity index (χ0) is 19.2. The molecule has 6 rings (SSSR count). The third-order valence-electron chi connectivity index (χ3n) is 6.00. The minimum absolute atomic E-state index is 0.614. The van der Waals surface area contributed by atoms with E-state index in [0.717, 1.165) is 57.5 Å². The van der Waals surface area contributed by atoms with Crippen LogP contribution in [0, 0.1) is 0 Å². The summed E-state index contributed by atoms with van der Waals surface area (Å²) in [6.07, 6.45) is 7.59. The van der Waals surface area contributed by atoms with E-state index in [2.05, 4.69) is 49.7 Å². The van der Waals surface area contributed by atoms with Crippen LogP contribution in [-0.4, -0.2) is 33.3 Å². The predicted octanol–water partition coefficient (Wildman–Crippen LogP) is 4.83. The Morgan fingerprint density at radius 2 is 1.83 bits per heavy atom. The molecular weight excluding hydrogens is 362 g/mol. The first-order valence-electron chi connectivity index (χ1n) is 10.1. The largest absolute Gasteiger partial charge is 0.472 e. The number of benzene rings is 1. The van der Waals surface area contributed by atoms with Crippen molar-refractivity contribution in [3.05, 3.63) is 60.7 Å². The Morgan fingerprint density at radius 1 is 0.931 bits per heavy atom. The Labute approximate surface area is 167 Å². The molecule has 1 fully saturated rings. The Balaban J connectivity index is 1.48. The highest BCUT2D eigenvalue weighted by atomic mass is 16.3. The molecule has 0 bridgehead atoms. The van der Waals surface area contributed by atoms with Crippen LogP contribution in [0.5, 0.6) is 0 Å². The average molecular weight is 383 g/mol. The van der Waals surface area contributed by atoms with Gasteiger partial charge in [0.2, 0.25) is 0 Å². The molecule has 5 heterocycles. The highest BCUT2D eigenvalue weighted by Crippen LogP contribution is 2.35. The molecule has 0 saturated carbocycles. The Bertz CT molecular complexity index is 1290. The molecule has 1 aromatic carbocycles. The number of rotatable bonds is 3. The van der Waals surface area contributed by atoms with Gasteiger partial charge in [0.1, 0.15) is 5.69 Å². The highest BCUT2D eigenvalue weighted by Gasteiger charge is 2.18. The zero-order valence-electron chi connectivity index (χ0n) is 15.9. The maximum absolute atomic E-state index is 5.25. The summed E-state index contributed by atoms with van der Waals surface area (Å²) < 4.78 is 5.25. The van der Waals surface area contributed by atoms with Gasteiger partial charge < -0.3 is 14.7 Å². The summed E-state index contributed by atoms with van der Waals surface area (Å²) in [6, 6.07) is 12.8. The SMILES string of the molecule is c1cc2[nH]c(-c3n[nH]c4ccc(C5CCNCC5)cc34)cc2c(-c2ccoc2)n1. The molecule has 0 unspecified atom stereocenters. The molecule has 0 atom stereocenters. The molecule has 0 spiro atoms. The van der Waals surface area contributed by atoms with E-state index in [1.54, 1.807) is 12.5 Å². The van der Waals surface area contributed by atoms with Crippen LogP contribution in [0.25, 0.3) is 44.5 Å². The third-order valence-corrected chi connectivity index (χ3v) is 6.00. The molecule has 1 aliphatic heterocycles. The van der Waals surface area contributed by atoms with E-state index in [1.165, 1.54) is 18.4 Å². The first-order chi connectivity index (χ1) is 14.4. The maximum atomic E-state index is 5.25. The molecule has 1 aliphatic rings. The third kappa shape index (κ3) is 2.76. The number of nitrogens with one attached hydrogen (secondary N) is 3. The van der Waals surface area contributed by atoms with E-state index in [1.807, 2.05) is 18.3 Å². The smallest absolute Gasteiger partial charge is 0.116 e. The van der Waals surface area contributed by atoms with Crippen molar-refractivity contribution in [1.29, 1.82) is 0 Å². The molecule has 4 aromatic heterocycles. The highest BCUT2D eigenvalue weighted by molar-refractivity contribution is 5.99. The number of aromatic amines is 2. The second-order valence-electron chi connectivity index (χ2n) is 7.72. The van der Waals surface area contributed by atoms with Crippen LogP contribution in [0.1, 0.15) is 24.3 Å². The second-order valence-corrected chi connectivity index (χ2v) is 7.72. The van der Waals surface area contributed by atoms with Crippen LogP contribution in [-0.2, 0) is 0 Å². The van der Waals surface area contributed by atoms with Crippen LogP contribution in [0.3, 0.4) is 0 Å². The maximum Gasteiger partial charge on any atom is 0.116 e. The standard InChI is InChI=1S/C23H21N5O/c1-2-20-17(11-15(1)14-3-7-24-8-4-14)23(28-27-20)21-12-18-19(26-21)5-9-25-22(18)16-6-10-29-13-16/h1-2,5-6,9-14,24,26H,3-4,7-8H2,(H,27,28). The van der Waals surface area contributed by atoms with Gasteiger partial charge in [0.05, 0.1) is 29.4 Å². The zero-order valence-corrected chi connectivity index (χ0v) is 15.9. The number of nitrogens with zero attached hydrogens (tertiary/aromatic N) is 2. The van der Waals surface area contributed by atoms with E-state index in [4.69, 9.17) is 4.42 Å². The minimum atomic E-state index is 0.614. The fourth-order valence-corrected chi connectivity index (χ4v) is 4.46. The van der Waals surface area contributed by atoms with E-state index in [0.29, 0.717) is 5.92 Å². The van der Waals surface area contributed by atoms with Crippen molar-refractivity contribution in [3.63, 3.8) is 0 Å². The van der Waals surface area contributed by atoms with Gasteiger partial charge in [-0.2, -0.15) is 5.10 Å². The van der Waals surface area contributed by atoms with Crippen LogP contribution in [0.4, 0.5) is 0 Å². The number of H-pyrrole nitrogens is 2. The van der Waals surface area contributed by atoms with E-state index >= 15 is 0 Å². The number of fused-ring (bicyclic) bond motifs is 2. The number of aromatic nitrogens is 4. The molecule has 1 saturated heterocycles. The van der Waals surface area contributed by atoms with Gasteiger partial charge in [0.25, 0.3) is 0 Å². The van der Waals surface area contributed by atoms with Crippen molar-refractivity contribution in [2.24, 2.45) is 0 Å². The average Bonchev–Trinajstić information content (AvgIpc) is 3.52. The summed E-state index contributed by atoms with van der Waals surface area (Å²) in [7, 11) is 0. The fraction of sp³-hybridized carbons (Fsp3) is 0.217. The van der Waals surface area contributed by atoms with Crippen molar-refractivity contribution in [3.8, 4) is 22.6 Å². The Kier molecular flexibility index (Phi) is 3.77. The van der Waals surface area contributed by atoms with Crippen molar-refractivity contribution in [1.82, 2.24) is 25.5 Å². The molecule has 3 N–H and O–H groups in total. The fourth-order valence-electron chi connectivity index (χ4n) is 4.46. The normalized spacial score (nSPS) is 15.4.